The van der Waals surface area contributed by atoms with Crippen molar-refractivity contribution < 1.29 is 4.79 Å². The van der Waals surface area contributed by atoms with E-state index in [2.05, 4.69) is 26.2 Å². The molecule has 6 heteroatoms. The Balaban J connectivity index is 2.07. The van der Waals surface area contributed by atoms with Crippen LogP contribution in [-0.4, -0.2) is 27.3 Å². The molecule has 17 heavy (non-hydrogen) atoms. The standard InChI is InChI=1S/C11H17BrN4O/c1-16-9(11(12)14-15-16)10(17)8-4-2-7(6-13)3-5-8/h7-8H,2-6,13H2,1H3. The molecule has 94 valence electrons. The number of Topliss-reactive ketones (excluding diaryl/α,β-unsaturated/α-hetero) is 1. The van der Waals surface area contributed by atoms with Crippen LogP contribution in [0.2, 0.25) is 0 Å². The highest BCUT2D eigenvalue weighted by molar-refractivity contribution is 9.10. The lowest BCUT2D eigenvalue weighted by molar-refractivity contribution is 0.0863. The van der Waals surface area contributed by atoms with E-state index < -0.39 is 0 Å². The van der Waals surface area contributed by atoms with Crippen LogP contribution in [0.1, 0.15) is 36.2 Å². The molecule has 1 aromatic heterocycles. The average Bonchev–Trinajstić information content (AvgIpc) is 2.68. The molecule has 0 saturated heterocycles. The van der Waals surface area contributed by atoms with Crippen LogP contribution in [0.4, 0.5) is 0 Å². The number of aryl methyl sites for hydroxylation is 1. The molecule has 5 nitrogen and oxygen atoms in total. The minimum Gasteiger partial charge on any atom is -0.330 e. The maximum atomic E-state index is 12.3. The Morgan fingerprint density at radius 1 is 1.47 bits per heavy atom. The number of halogens is 1. The van der Waals surface area contributed by atoms with Crippen molar-refractivity contribution in [1.29, 1.82) is 0 Å². The van der Waals surface area contributed by atoms with Gasteiger partial charge in [0, 0.05) is 13.0 Å². The number of nitrogens with two attached hydrogens (primary N) is 1. The van der Waals surface area contributed by atoms with Gasteiger partial charge in [-0.3, -0.25) is 4.79 Å². The molecule has 0 radical (unpaired) electrons. The van der Waals surface area contributed by atoms with Crippen molar-refractivity contribution in [3.8, 4) is 0 Å². The lowest BCUT2D eigenvalue weighted by atomic mass is 9.79. The molecule has 1 aliphatic rings. The minimum absolute atomic E-state index is 0.103. The molecule has 1 fully saturated rings. The van der Waals surface area contributed by atoms with Gasteiger partial charge in [-0.15, -0.1) is 5.10 Å². The Labute approximate surface area is 109 Å². The minimum atomic E-state index is 0.103. The molecule has 0 bridgehead atoms. The van der Waals surface area contributed by atoms with Gasteiger partial charge in [-0.2, -0.15) is 0 Å². The van der Waals surface area contributed by atoms with E-state index >= 15 is 0 Å². The number of hydrogen-bond donors (Lipinski definition) is 1. The van der Waals surface area contributed by atoms with Crippen molar-refractivity contribution >= 4 is 21.7 Å². The van der Waals surface area contributed by atoms with Gasteiger partial charge in [0.15, 0.2) is 10.4 Å². The zero-order valence-electron chi connectivity index (χ0n) is 9.90. The molecule has 0 aromatic carbocycles. The molecule has 0 unspecified atom stereocenters. The third-order valence-electron chi connectivity index (χ3n) is 3.57. The highest BCUT2D eigenvalue weighted by atomic mass is 79.9. The Morgan fingerprint density at radius 2 is 2.12 bits per heavy atom. The second kappa shape index (κ2) is 5.27. The highest BCUT2D eigenvalue weighted by Gasteiger charge is 2.29. The largest absolute Gasteiger partial charge is 0.330 e. The molecule has 0 aliphatic heterocycles. The number of aromatic nitrogens is 3. The molecule has 1 aliphatic carbocycles. The summed E-state index contributed by atoms with van der Waals surface area (Å²) in [6.07, 6.45) is 3.96. The zero-order chi connectivity index (χ0) is 12.4. The van der Waals surface area contributed by atoms with Crippen LogP contribution in [0.15, 0.2) is 4.60 Å². The van der Waals surface area contributed by atoms with Gasteiger partial charge in [-0.25, -0.2) is 4.68 Å². The summed E-state index contributed by atoms with van der Waals surface area (Å²) in [7, 11) is 1.75. The molecular formula is C11H17BrN4O. The summed E-state index contributed by atoms with van der Waals surface area (Å²) >= 11 is 3.27. The van der Waals surface area contributed by atoms with E-state index in [9.17, 15) is 4.79 Å². The number of nitrogens with zero attached hydrogens (tertiary/aromatic N) is 3. The van der Waals surface area contributed by atoms with Gasteiger partial charge >= 0.3 is 0 Å². The number of carbonyl (C=O) groups is 1. The van der Waals surface area contributed by atoms with Crippen LogP contribution < -0.4 is 5.73 Å². The lowest BCUT2D eigenvalue weighted by Gasteiger charge is -2.26. The van der Waals surface area contributed by atoms with E-state index in [4.69, 9.17) is 5.73 Å². The van der Waals surface area contributed by atoms with Gasteiger partial charge in [0.2, 0.25) is 0 Å². The smallest absolute Gasteiger partial charge is 0.186 e. The summed E-state index contributed by atoms with van der Waals surface area (Å²) in [5.41, 5.74) is 6.24. The quantitative estimate of drug-likeness (QED) is 0.859. The summed E-state index contributed by atoms with van der Waals surface area (Å²) in [5, 5.41) is 7.69. The molecular weight excluding hydrogens is 284 g/mol. The van der Waals surface area contributed by atoms with Gasteiger partial charge < -0.3 is 5.73 Å². The maximum Gasteiger partial charge on any atom is 0.186 e. The Morgan fingerprint density at radius 3 is 2.59 bits per heavy atom. The van der Waals surface area contributed by atoms with Crippen molar-refractivity contribution in [2.24, 2.45) is 24.6 Å². The molecule has 2 rings (SSSR count). The van der Waals surface area contributed by atoms with Crippen molar-refractivity contribution in [1.82, 2.24) is 15.0 Å². The fraction of sp³-hybridized carbons (Fsp3) is 0.727. The summed E-state index contributed by atoms with van der Waals surface area (Å²) in [6, 6.07) is 0. The van der Waals surface area contributed by atoms with Crippen molar-refractivity contribution in [3.63, 3.8) is 0 Å². The number of hydrogen-bond acceptors (Lipinski definition) is 4. The van der Waals surface area contributed by atoms with E-state index in [1.165, 1.54) is 0 Å². The van der Waals surface area contributed by atoms with E-state index in [1.54, 1.807) is 11.7 Å². The summed E-state index contributed by atoms with van der Waals surface area (Å²) in [6.45, 7) is 0.734. The highest BCUT2D eigenvalue weighted by Crippen LogP contribution is 2.31. The van der Waals surface area contributed by atoms with Crippen molar-refractivity contribution in [2.75, 3.05) is 6.54 Å². The van der Waals surface area contributed by atoms with Crippen LogP contribution in [0.25, 0.3) is 0 Å². The Bertz CT molecular complexity index is 390. The normalized spacial score (nSPS) is 24.9. The maximum absolute atomic E-state index is 12.3. The SMILES string of the molecule is Cn1nnc(Br)c1C(=O)C1CCC(CN)CC1. The molecule has 1 saturated carbocycles. The topological polar surface area (TPSA) is 73.8 Å². The predicted molar refractivity (Wildman–Crippen MR) is 67.5 cm³/mol. The number of carbonyl (C=O) groups excluding carboxylic acids is 1. The van der Waals surface area contributed by atoms with Gasteiger partial charge in [-0.05, 0) is 54.1 Å². The van der Waals surface area contributed by atoms with E-state index in [0.29, 0.717) is 16.2 Å². The van der Waals surface area contributed by atoms with Crippen LogP contribution in [-0.2, 0) is 7.05 Å². The Hall–Kier alpha value is -0.750. The first kappa shape index (κ1) is 12.7. The monoisotopic (exact) mass is 300 g/mol. The van der Waals surface area contributed by atoms with Crippen LogP contribution >= 0.6 is 15.9 Å². The molecule has 0 atom stereocenters. The summed E-state index contributed by atoms with van der Waals surface area (Å²) in [5.74, 6) is 0.846. The number of ketones is 1. The van der Waals surface area contributed by atoms with Crippen molar-refractivity contribution in [3.05, 3.63) is 10.3 Å². The van der Waals surface area contributed by atoms with Gasteiger partial charge in [0.25, 0.3) is 0 Å². The molecule has 1 heterocycles. The second-order valence-electron chi connectivity index (χ2n) is 4.67. The fourth-order valence-electron chi connectivity index (χ4n) is 2.45. The molecule has 1 aromatic rings. The van der Waals surface area contributed by atoms with Crippen LogP contribution in [0.5, 0.6) is 0 Å². The first-order valence-electron chi connectivity index (χ1n) is 5.93. The molecule has 0 spiro atoms. The third kappa shape index (κ3) is 2.57. The second-order valence-corrected chi connectivity index (χ2v) is 5.42. The lowest BCUT2D eigenvalue weighted by Crippen LogP contribution is -2.27. The third-order valence-corrected chi connectivity index (χ3v) is 4.10. The molecule has 0 amide bonds. The first-order valence-corrected chi connectivity index (χ1v) is 6.72. The zero-order valence-corrected chi connectivity index (χ0v) is 11.5. The van der Waals surface area contributed by atoms with E-state index in [0.717, 1.165) is 32.2 Å². The van der Waals surface area contributed by atoms with Gasteiger partial charge in [-0.1, -0.05) is 5.21 Å². The Kier molecular flexibility index (Phi) is 3.93. The number of rotatable bonds is 3. The summed E-state index contributed by atoms with van der Waals surface area (Å²) < 4.78 is 2.09. The fourth-order valence-corrected chi connectivity index (χ4v) is 2.97. The average molecular weight is 301 g/mol. The first-order chi connectivity index (χ1) is 8.13. The molecule has 2 N–H and O–H groups in total. The van der Waals surface area contributed by atoms with Crippen LogP contribution in [0, 0.1) is 11.8 Å². The summed E-state index contributed by atoms with van der Waals surface area (Å²) in [4.78, 5) is 12.3. The van der Waals surface area contributed by atoms with Gasteiger partial charge in [0.1, 0.15) is 5.69 Å². The van der Waals surface area contributed by atoms with E-state index in [-0.39, 0.29) is 11.7 Å². The van der Waals surface area contributed by atoms with Gasteiger partial charge in [0.05, 0.1) is 0 Å². The predicted octanol–water partition coefficient (Wildman–Crippen LogP) is 1.53. The van der Waals surface area contributed by atoms with E-state index in [1.807, 2.05) is 0 Å². The van der Waals surface area contributed by atoms with Crippen molar-refractivity contribution in [2.45, 2.75) is 25.7 Å². The van der Waals surface area contributed by atoms with Crippen LogP contribution in [0.3, 0.4) is 0 Å².